The van der Waals surface area contributed by atoms with Gasteiger partial charge in [-0.3, -0.25) is 4.57 Å². The summed E-state index contributed by atoms with van der Waals surface area (Å²) in [5.74, 6) is 0.268. The van der Waals surface area contributed by atoms with Crippen molar-refractivity contribution in [2.75, 3.05) is 12.1 Å². The molecule has 98 valence electrons. The quantitative estimate of drug-likeness (QED) is 0.589. The van der Waals surface area contributed by atoms with Crippen LogP contribution < -0.4 is 0 Å². The van der Waals surface area contributed by atoms with Crippen molar-refractivity contribution in [3.8, 4) is 0 Å². The third-order valence-corrected chi connectivity index (χ3v) is 5.56. The van der Waals surface area contributed by atoms with Crippen LogP contribution in [0, 0.1) is 0 Å². The van der Waals surface area contributed by atoms with E-state index in [4.69, 9.17) is 4.18 Å². The van der Waals surface area contributed by atoms with Crippen LogP contribution in [-0.2, 0) is 23.4 Å². The van der Waals surface area contributed by atoms with Gasteiger partial charge in [-0.25, -0.2) is 0 Å². The average molecular weight is 282 g/mol. The lowest BCUT2D eigenvalue weighted by Crippen LogP contribution is -2.12. The summed E-state index contributed by atoms with van der Waals surface area (Å²) in [5, 5.41) is 0. The van der Waals surface area contributed by atoms with Crippen molar-refractivity contribution in [2.24, 2.45) is 0 Å². The third-order valence-electron chi connectivity index (χ3n) is 1.86. The van der Waals surface area contributed by atoms with Gasteiger partial charge in [0, 0.05) is 6.42 Å². The first-order valence-corrected chi connectivity index (χ1v) is 8.43. The molecule has 0 aromatic carbocycles. The van der Waals surface area contributed by atoms with E-state index in [0.717, 1.165) is 0 Å². The zero-order valence-electron chi connectivity index (χ0n) is 9.40. The molecule has 6 nitrogen and oxygen atoms in total. The van der Waals surface area contributed by atoms with E-state index in [1.54, 1.807) is 6.08 Å². The molecule has 1 atom stereocenters. The lowest BCUT2D eigenvalue weighted by molar-refractivity contribution is 0.276. The monoisotopic (exact) mass is 282 g/mol. The molecule has 0 saturated carbocycles. The minimum atomic E-state index is -4.14. The maximum Gasteiger partial charge on any atom is 0.346 e. The second-order valence-corrected chi connectivity index (χ2v) is 7.27. The Labute approximate surface area is 101 Å². The molecule has 1 rings (SSSR count). The van der Waals surface area contributed by atoms with Crippen molar-refractivity contribution in [3.63, 3.8) is 0 Å². The van der Waals surface area contributed by atoms with Crippen LogP contribution in [-0.4, -0.2) is 25.4 Å². The van der Waals surface area contributed by atoms with Gasteiger partial charge < -0.3 is 13.6 Å². The Morgan fingerprint density at radius 2 is 2.24 bits per heavy atom. The molecule has 0 saturated heterocycles. The molecule has 17 heavy (non-hydrogen) atoms. The van der Waals surface area contributed by atoms with E-state index in [-0.39, 0.29) is 12.4 Å². The van der Waals surface area contributed by atoms with Crippen molar-refractivity contribution >= 4 is 17.7 Å². The van der Waals surface area contributed by atoms with Gasteiger partial charge in [0.1, 0.15) is 5.76 Å². The zero-order valence-corrected chi connectivity index (χ0v) is 11.1. The van der Waals surface area contributed by atoms with Gasteiger partial charge in [-0.15, -0.1) is 0 Å². The number of allylic oxidation sites excluding steroid dienone is 4. The van der Waals surface area contributed by atoms with Gasteiger partial charge in [0.05, 0.1) is 6.61 Å². The largest absolute Gasteiger partial charge is 0.386 e. The highest BCUT2D eigenvalue weighted by atomic mass is 32.2. The van der Waals surface area contributed by atoms with Crippen LogP contribution in [0.15, 0.2) is 24.0 Å². The minimum Gasteiger partial charge on any atom is -0.386 e. The van der Waals surface area contributed by atoms with E-state index >= 15 is 0 Å². The summed E-state index contributed by atoms with van der Waals surface area (Å²) in [5.41, 5.74) is -1.03. The van der Waals surface area contributed by atoms with Crippen LogP contribution in [0.4, 0.5) is 0 Å². The molecule has 0 aromatic rings. The Morgan fingerprint density at radius 3 is 2.76 bits per heavy atom. The molecule has 0 aromatic heterocycles. The molecule has 1 aliphatic rings. The molecule has 0 aliphatic heterocycles. The molecule has 1 unspecified atom stereocenters. The minimum absolute atomic E-state index is 0.0330. The lowest BCUT2D eigenvalue weighted by Gasteiger charge is -2.14. The molecule has 1 aliphatic carbocycles. The van der Waals surface area contributed by atoms with Crippen molar-refractivity contribution in [2.45, 2.75) is 19.8 Å². The molecule has 0 amide bonds. The molecule has 0 bridgehead atoms. The average Bonchev–Trinajstić information content (AvgIpc) is 2.15. The maximum atomic E-state index is 11.5. The molecule has 1 N–H and O–H groups in total. The lowest BCUT2D eigenvalue weighted by atomic mass is 10.2. The van der Waals surface area contributed by atoms with Gasteiger partial charge in [0.15, 0.2) is 5.49 Å². The van der Waals surface area contributed by atoms with E-state index in [9.17, 15) is 17.9 Å². The molecular weight excluding hydrogens is 267 g/mol. The summed E-state index contributed by atoms with van der Waals surface area (Å²) >= 11 is 0. The highest BCUT2D eigenvalue weighted by Crippen LogP contribution is 2.43. The van der Waals surface area contributed by atoms with Gasteiger partial charge in [-0.2, -0.15) is 8.42 Å². The topological polar surface area (TPSA) is 89.9 Å². The Kier molecular flexibility index (Phi) is 4.94. The van der Waals surface area contributed by atoms with Crippen LogP contribution in [0.25, 0.3) is 0 Å². The van der Waals surface area contributed by atoms with Gasteiger partial charge in [0.25, 0.3) is 0 Å². The number of hydrogen-bond acceptors (Lipinski definition) is 5. The normalized spacial score (nSPS) is 19.5. The molecular formula is C9H15O6PS. The predicted molar refractivity (Wildman–Crippen MR) is 62.8 cm³/mol. The van der Waals surface area contributed by atoms with E-state index in [2.05, 4.69) is 4.52 Å². The molecule has 8 heteroatoms. The van der Waals surface area contributed by atoms with Crippen molar-refractivity contribution in [3.05, 3.63) is 24.0 Å². The fourth-order valence-electron chi connectivity index (χ4n) is 1.28. The molecule has 0 radical (unpaired) electrons. The van der Waals surface area contributed by atoms with Crippen molar-refractivity contribution < 1.29 is 26.6 Å². The van der Waals surface area contributed by atoms with Crippen LogP contribution in [0.2, 0.25) is 0 Å². The van der Waals surface area contributed by atoms with Crippen LogP contribution >= 0.6 is 7.60 Å². The standard InChI is InChI=1S/C9H15O6PS/c1-2-14-16(10,11)8-17(12,13)15-9-6-4-3-5-7-9/h3-4,6H,2,5,7-8H2,1H3,(H,10,11). The molecule has 0 heterocycles. The van der Waals surface area contributed by atoms with Gasteiger partial charge >= 0.3 is 17.7 Å². The second kappa shape index (κ2) is 5.82. The predicted octanol–water partition coefficient (Wildman–Crippen LogP) is 1.75. The fourth-order valence-corrected chi connectivity index (χ4v) is 4.25. The van der Waals surface area contributed by atoms with Gasteiger partial charge in [-0.05, 0) is 19.4 Å². The number of hydrogen-bond donors (Lipinski definition) is 1. The SMILES string of the molecule is CCOP(=O)(O)CS(=O)(=O)OC1=CC=CCC1. The first kappa shape index (κ1) is 14.4. The van der Waals surface area contributed by atoms with Crippen LogP contribution in [0.5, 0.6) is 0 Å². The summed E-state index contributed by atoms with van der Waals surface area (Å²) in [6.07, 6.45) is 6.21. The first-order valence-electron chi connectivity index (χ1n) is 5.09. The van der Waals surface area contributed by atoms with E-state index in [1.807, 2.05) is 6.08 Å². The Hall–Kier alpha value is -0.620. The highest BCUT2D eigenvalue weighted by molar-refractivity contribution is 7.93. The van der Waals surface area contributed by atoms with Gasteiger partial charge in [-0.1, -0.05) is 12.2 Å². The Bertz CT molecular complexity index is 464. The van der Waals surface area contributed by atoms with Gasteiger partial charge in [0.2, 0.25) is 0 Å². The maximum absolute atomic E-state index is 11.5. The molecule has 0 fully saturated rings. The van der Waals surface area contributed by atoms with Crippen molar-refractivity contribution in [1.29, 1.82) is 0 Å². The highest BCUT2D eigenvalue weighted by Gasteiger charge is 2.30. The summed E-state index contributed by atoms with van der Waals surface area (Å²) < 4.78 is 43.5. The van der Waals surface area contributed by atoms with Crippen molar-refractivity contribution in [1.82, 2.24) is 0 Å². The summed E-state index contributed by atoms with van der Waals surface area (Å²) in [6, 6.07) is 0. The second-order valence-electron chi connectivity index (χ2n) is 3.43. The number of rotatable bonds is 6. The summed E-state index contributed by atoms with van der Waals surface area (Å²) in [7, 11) is -8.24. The van der Waals surface area contributed by atoms with E-state index in [0.29, 0.717) is 12.8 Å². The summed E-state index contributed by atoms with van der Waals surface area (Å²) in [4.78, 5) is 9.22. The zero-order chi connectivity index (χ0) is 12.9. The Balaban J connectivity index is 2.66. The van der Waals surface area contributed by atoms with Crippen LogP contribution in [0.1, 0.15) is 19.8 Å². The van der Waals surface area contributed by atoms with E-state index in [1.165, 1.54) is 13.0 Å². The van der Waals surface area contributed by atoms with E-state index < -0.39 is 23.2 Å². The Morgan fingerprint density at radius 1 is 1.53 bits per heavy atom. The summed E-state index contributed by atoms with van der Waals surface area (Å²) in [6.45, 7) is 1.47. The fraction of sp³-hybridized carbons (Fsp3) is 0.556. The third kappa shape index (κ3) is 5.50. The first-order chi connectivity index (χ1) is 7.85. The van der Waals surface area contributed by atoms with Crippen LogP contribution in [0.3, 0.4) is 0 Å². The smallest absolute Gasteiger partial charge is 0.346 e. The molecule has 0 spiro atoms.